The summed E-state index contributed by atoms with van der Waals surface area (Å²) in [5.41, 5.74) is -0.762. The highest BCUT2D eigenvalue weighted by molar-refractivity contribution is 7.80. The zero-order valence-corrected chi connectivity index (χ0v) is 12.2. The van der Waals surface area contributed by atoms with Crippen LogP contribution in [-0.4, -0.2) is 37.2 Å². The van der Waals surface area contributed by atoms with Crippen LogP contribution in [0.4, 0.5) is 18.9 Å². The lowest BCUT2D eigenvalue weighted by Crippen LogP contribution is -2.31. The highest BCUT2D eigenvalue weighted by Crippen LogP contribution is 2.34. The van der Waals surface area contributed by atoms with Crippen molar-refractivity contribution < 1.29 is 13.2 Å². The van der Waals surface area contributed by atoms with E-state index in [-0.39, 0.29) is 10.8 Å². The van der Waals surface area contributed by atoms with E-state index >= 15 is 0 Å². The maximum absolute atomic E-state index is 12.8. The Morgan fingerprint density at radius 1 is 1.25 bits per heavy atom. The summed E-state index contributed by atoms with van der Waals surface area (Å²) in [6.45, 7) is 1.49. The van der Waals surface area contributed by atoms with Crippen LogP contribution in [0.25, 0.3) is 0 Å². The first-order valence-corrected chi connectivity index (χ1v) is 6.57. The second-order valence-corrected chi connectivity index (χ2v) is 4.99. The van der Waals surface area contributed by atoms with Gasteiger partial charge in [0.15, 0.2) is 5.11 Å². The summed E-state index contributed by atoms with van der Waals surface area (Å²) >= 11 is 4.99. The van der Waals surface area contributed by atoms with Crippen LogP contribution in [0.1, 0.15) is 12.0 Å². The number of alkyl halides is 3. The van der Waals surface area contributed by atoms with E-state index in [0.29, 0.717) is 6.54 Å². The molecule has 20 heavy (non-hydrogen) atoms. The third kappa shape index (κ3) is 5.75. The second kappa shape index (κ2) is 7.44. The predicted octanol–water partition coefficient (Wildman–Crippen LogP) is 2.94. The summed E-state index contributed by atoms with van der Waals surface area (Å²) in [5, 5.41) is 5.68. The number of benzene rings is 1. The van der Waals surface area contributed by atoms with Crippen molar-refractivity contribution in [1.82, 2.24) is 10.2 Å². The van der Waals surface area contributed by atoms with Gasteiger partial charge in [0.2, 0.25) is 0 Å². The van der Waals surface area contributed by atoms with Crippen molar-refractivity contribution in [3.05, 3.63) is 29.8 Å². The molecule has 1 aromatic rings. The van der Waals surface area contributed by atoms with Gasteiger partial charge in [-0.2, -0.15) is 13.2 Å². The zero-order valence-electron chi connectivity index (χ0n) is 11.4. The van der Waals surface area contributed by atoms with Crippen molar-refractivity contribution in [2.75, 3.05) is 32.5 Å². The molecule has 1 aromatic carbocycles. The average Bonchev–Trinajstić information content (AvgIpc) is 2.34. The lowest BCUT2D eigenvalue weighted by Gasteiger charge is -2.16. The third-order valence-corrected chi connectivity index (χ3v) is 2.79. The van der Waals surface area contributed by atoms with Gasteiger partial charge in [-0.25, -0.2) is 0 Å². The molecule has 0 saturated heterocycles. The SMILES string of the molecule is CN(C)CCCNC(=S)Nc1ccccc1C(F)(F)F. The third-order valence-electron chi connectivity index (χ3n) is 2.55. The van der Waals surface area contributed by atoms with Gasteiger partial charge in [0.05, 0.1) is 11.3 Å². The van der Waals surface area contributed by atoms with Crippen molar-refractivity contribution in [2.24, 2.45) is 0 Å². The molecule has 0 aliphatic heterocycles. The number of hydrogen-bond acceptors (Lipinski definition) is 2. The molecular weight excluding hydrogens is 287 g/mol. The fraction of sp³-hybridized carbons (Fsp3) is 0.462. The van der Waals surface area contributed by atoms with Crippen LogP contribution >= 0.6 is 12.2 Å². The van der Waals surface area contributed by atoms with Gasteiger partial charge < -0.3 is 15.5 Å². The van der Waals surface area contributed by atoms with Crippen LogP contribution in [0.15, 0.2) is 24.3 Å². The molecule has 0 spiro atoms. The fourth-order valence-corrected chi connectivity index (χ4v) is 1.82. The second-order valence-electron chi connectivity index (χ2n) is 4.58. The molecule has 1 rings (SSSR count). The Balaban J connectivity index is 2.54. The van der Waals surface area contributed by atoms with Gasteiger partial charge in [-0.3, -0.25) is 0 Å². The van der Waals surface area contributed by atoms with Gasteiger partial charge in [-0.15, -0.1) is 0 Å². The van der Waals surface area contributed by atoms with Crippen LogP contribution in [0.2, 0.25) is 0 Å². The lowest BCUT2D eigenvalue weighted by molar-refractivity contribution is -0.136. The number of hydrogen-bond donors (Lipinski definition) is 2. The standard InChI is InChI=1S/C13H18F3N3S/c1-19(2)9-5-8-17-12(20)18-11-7-4-3-6-10(11)13(14,15)16/h3-4,6-7H,5,8-9H2,1-2H3,(H2,17,18,20). The van der Waals surface area contributed by atoms with Crippen LogP contribution in [0.3, 0.4) is 0 Å². The Bertz CT molecular complexity index is 447. The van der Waals surface area contributed by atoms with Crippen LogP contribution in [0.5, 0.6) is 0 Å². The van der Waals surface area contributed by atoms with Crippen molar-refractivity contribution in [1.29, 1.82) is 0 Å². The molecule has 7 heteroatoms. The molecule has 0 saturated carbocycles. The molecule has 0 amide bonds. The molecule has 0 unspecified atom stereocenters. The van der Waals surface area contributed by atoms with E-state index in [1.165, 1.54) is 18.2 Å². The minimum atomic E-state index is -4.40. The summed E-state index contributed by atoms with van der Waals surface area (Å²) in [7, 11) is 3.91. The topological polar surface area (TPSA) is 27.3 Å². The van der Waals surface area contributed by atoms with Gasteiger partial charge in [0.1, 0.15) is 0 Å². The maximum Gasteiger partial charge on any atom is 0.418 e. The lowest BCUT2D eigenvalue weighted by atomic mass is 10.1. The molecule has 0 aliphatic carbocycles. The monoisotopic (exact) mass is 305 g/mol. The highest BCUT2D eigenvalue weighted by atomic mass is 32.1. The van der Waals surface area contributed by atoms with Crippen molar-refractivity contribution >= 4 is 23.0 Å². The number of anilines is 1. The maximum atomic E-state index is 12.8. The van der Waals surface area contributed by atoms with E-state index in [9.17, 15) is 13.2 Å². The Kier molecular flexibility index (Phi) is 6.22. The van der Waals surface area contributed by atoms with Crippen molar-refractivity contribution in [3.8, 4) is 0 Å². The number of halogens is 3. The molecule has 2 N–H and O–H groups in total. The molecule has 0 bridgehead atoms. The normalized spacial score (nSPS) is 11.5. The van der Waals surface area contributed by atoms with Crippen molar-refractivity contribution in [3.63, 3.8) is 0 Å². The van der Waals surface area contributed by atoms with E-state index in [1.54, 1.807) is 0 Å². The first-order valence-electron chi connectivity index (χ1n) is 6.16. The van der Waals surface area contributed by atoms with Gasteiger partial charge in [-0.05, 0) is 51.4 Å². The van der Waals surface area contributed by atoms with Gasteiger partial charge >= 0.3 is 6.18 Å². The van der Waals surface area contributed by atoms with Gasteiger partial charge in [0, 0.05) is 6.54 Å². The zero-order chi connectivity index (χ0) is 15.2. The first-order chi connectivity index (χ1) is 9.30. The van der Waals surface area contributed by atoms with Gasteiger partial charge in [-0.1, -0.05) is 12.1 Å². The number of nitrogens with zero attached hydrogens (tertiary/aromatic N) is 1. The van der Waals surface area contributed by atoms with Crippen LogP contribution < -0.4 is 10.6 Å². The van der Waals surface area contributed by atoms with Gasteiger partial charge in [0.25, 0.3) is 0 Å². The molecule has 0 fully saturated rings. The summed E-state index contributed by atoms with van der Waals surface area (Å²) < 4.78 is 38.4. The largest absolute Gasteiger partial charge is 0.418 e. The Hall–Kier alpha value is -1.34. The quantitative estimate of drug-likeness (QED) is 0.646. The van der Waals surface area contributed by atoms with Crippen LogP contribution in [0, 0.1) is 0 Å². The number of rotatable bonds is 5. The molecule has 0 aliphatic rings. The molecule has 0 atom stereocenters. The Morgan fingerprint density at radius 2 is 1.90 bits per heavy atom. The molecular formula is C13H18F3N3S. The fourth-order valence-electron chi connectivity index (χ4n) is 1.60. The Morgan fingerprint density at radius 3 is 2.50 bits per heavy atom. The minimum Gasteiger partial charge on any atom is -0.362 e. The van der Waals surface area contributed by atoms with E-state index in [4.69, 9.17) is 12.2 Å². The first kappa shape index (κ1) is 16.7. The summed E-state index contributed by atoms with van der Waals surface area (Å²) in [6, 6.07) is 5.27. The summed E-state index contributed by atoms with van der Waals surface area (Å²) in [5.74, 6) is 0. The Labute approximate surface area is 122 Å². The molecule has 0 radical (unpaired) electrons. The highest BCUT2D eigenvalue weighted by Gasteiger charge is 2.33. The number of para-hydroxylation sites is 1. The molecule has 0 heterocycles. The average molecular weight is 305 g/mol. The van der Waals surface area contributed by atoms with E-state index < -0.39 is 11.7 Å². The van der Waals surface area contributed by atoms with Crippen molar-refractivity contribution in [2.45, 2.75) is 12.6 Å². The summed E-state index contributed by atoms with van der Waals surface area (Å²) in [6.07, 6.45) is -3.54. The number of thiocarbonyl (C=S) groups is 1. The van der Waals surface area contributed by atoms with E-state index in [0.717, 1.165) is 19.0 Å². The summed E-state index contributed by atoms with van der Waals surface area (Å²) in [4.78, 5) is 2.02. The molecule has 112 valence electrons. The minimum absolute atomic E-state index is 0.0369. The van der Waals surface area contributed by atoms with Crippen LogP contribution in [-0.2, 0) is 6.18 Å². The number of nitrogens with one attached hydrogen (secondary N) is 2. The molecule has 3 nitrogen and oxygen atoms in total. The predicted molar refractivity (Wildman–Crippen MR) is 78.8 cm³/mol. The van der Waals surface area contributed by atoms with E-state index in [1.807, 2.05) is 19.0 Å². The van der Waals surface area contributed by atoms with E-state index in [2.05, 4.69) is 10.6 Å². The smallest absolute Gasteiger partial charge is 0.362 e. The molecule has 0 aromatic heterocycles.